The lowest BCUT2D eigenvalue weighted by Crippen LogP contribution is -2.48. The van der Waals surface area contributed by atoms with E-state index in [1.165, 1.54) is 22.3 Å². The monoisotopic (exact) mass is 1010 g/mol. The fourth-order valence-corrected chi connectivity index (χ4v) is 13.5. The number of fused-ring (bicyclic) bond motifs is 6. The quantitative estimate of drug-likeness (QED) is 0.0110. The third-order valence-corrected chi connectivity index (χ3v) is 17.2. The van der Waals surface area contributed by atoms with Crippen LogP contribution in [0.1, 0.15) is 95.9 Å². The van der Waals surface area contributed by atoms with Gasteiger partial charge in [-0.1, -0.05) is 110 Å². The summed E-state index contributed by atoms with van der Waals surface area (Å²) in [5.41, 5.74) is 15.9. The molecular weight excluding hydrogens is 933 g/mol. The van der Waals surface area contributed by atoms with E-state index in [1.54, 1.807) is 0 Å². The second-order valence-corrected chi connectivity index (χ2v) is 20.8. The SMILES string of the molecule is C.CCO[Si](CCCN=O)(OCC)OCC.CCO[Si](CCCNC(=O)NNC(=O)OCC1c2ccccc2-c2ccccc21)(OCC)OCC.NNC(=O)OCC1c2ccccc2-c2ccccc21. The number of rotatable bonds is 24. The van der Waals surface area contributed by atoms with Crippen molar-refractivity contribution in [2.45, 2.75) is 85.7 Å². The molecule has 20 heteroatoms. The topological polar surface area (TPSA) is 229 Å². The molecule has 0 heterocycles. The van der Waals surface area contributed by atoms with E-state index in [1.807, 2.05) is 108 Å². The Hall–Kier alpha value is -5.56. The van der Waals surface area contributed by atoms with E-state index in [4.69, 9.17) is 41.9 Å². The molecule has 0 saturated carbocycles. The van der Waals surface area contributed by atoms with Gasteiger partial charge in [-0.2, -0.15) is 4.91 Å². The molecule has 0 bridgehead atoms. The molecule has 18 nitrogen and oxygen atoms in total. The summed E-state index contributed by atoms with van der Waals surface area (Å²) in [5.74, 6) is 5.05. The Bertz CT molecular complexity index is 2080. The summed E-state index contributed by atoms with van der Waals surface area (Å²) in [6.45, 7) is 15.8. The maximum Gasteiger partial charge on any atom is 0.500 e. The molecule has 0 saturated heterocycles. The van der Waals surface area contributed by atoms with E-state index in [0.29, 0.717) is 77.7 Å². The van der Waals surface area contributed by atoms with Crippen LogP contribution < -0.4 is 27.4 Å². The number of nitrogens with one attached hydrogen (secondary N) is 4. The number of ether oxygens (including phenoxy) is 2. The lowest BCUT2D eigenvalue weighted by atomic mass is 9.98. The highest BCUT2D eigenvalue weighted by Crippen LogP contribution is 2.45. The van der Waals surface area contributed by atoms with E-state index < -0.39 is 35.8 Å². The van der Waals surface area contributed by atoms with Crippen LogP contribution >= 0.6 is 0 Å². The van der Waals surface area contributed by atoms with E-state index in [0.717, 1.165) is 22.3 Å². The zero-order valence-electron chi connectivity index (χ0n) is 40.7. The number of nitroso groups, excluding NO2 is 1. The van der Waals surface area contributed by atoms with Crippen LogP contribution in [0.4, 0.5) is 14.4 Å². The maximum atomic E-state index is 12.2. The van der Waals surface area contributed by atoms with Crippen LogP contribution in [0.2, 0.25) is 12.1 Å². The van der Waals surface area contributed by atoms with Crippen LogP contribution in [0.5, 0.6) is 0 Å². The minimum Gasteiger partial charge on any atom is -0.448 e. The van der Waals surface area contributed by atoms with Crippen molar-refractivity contribution in [2.75, 3.05) is 65.9 Å². The average molecular weight is 1010 g/mol. The van der Waals surface area contributed by atoms with Crippen molar-refractivity contribution >= 4 is 35.8 Å². The highest BCUT2D eigenvalue weighted by molar-refractivity contribution is 6.61. The lowest BCUT2D eigenvalue weighted by molar-refractivity contribution is 0.0701. The minimum atomic E-state index is -2.74. The Morgan fingerprint density at radius 3 is 1.21 bits per heavy atom. The standard InChI is InChI=1S/C25H35N3O6Si.C15H14N2O2.C9H21NO4Si.CH4/c1-4-32-35(33-5-2,34-6-3)17-11-16-26-24(29)27-28-25(30)31-18-23-21-14-9-7-12-19(21)20-13-8-10-15-22(20)23;16-17-15(18)19-9-14-12-7-3-1-5-10(12)11-6-2-4-8-13(11)14;1-4-12-15(13-5-2,14-6-3)9-7-8-10-11;/h7-10,12-15,23H,4-6,11,16-18H2,1-3H3,(H,28,30)(H2,26,27,29);1-8,14H,9,16H2,(H,17,18);4-9H2,1-3H3;1H4. The molecule has 70 heavy (non-hydrogen) atoms. The molecule has 0 fully saturated rings. The summed E-state index contributed by atoms with van der Waals surface area (Å²) < 4.78 is 44.7. The van der Waals surface area contributed by atoms with Crippen molar-refractivity contribution < 1.29 is 50.4 Å². The molecule has 6 N–H and O–H groups in total. The molecule has 0 aromatic heterocycles. The number of urea groups is 1. The molecule has 6 rings (SSSR count). The number of hydrazine groups is 2. The molecule has 0 aliphatic heterocycles. The first kappa shape index (κ1) is 58.8. The largest absolute Gasteiger partial charge is 0.500 e. The Morgan fingerprint density at radius 1 is 0.529 bits per heavy atom. The first-order chi connectivity index (χ1) is 33.6. The van der Waals surface area contributed by atoms with E-state index in [2.05, 4.69) is 57.7 Å². The highest BCUT2D eigenvalue weighted by Gasteiger charge is 2.40. The second kappa shape index (κ2) is 31.6. The van der Waals surface area contributed by atoms with Crippen molar-refractivity contribution in [3.63, 3.8) is 0 Å². The van der Waals surface area contributed by atoms with Crippen molar-refractivity contribution in [2.24, 2.45) is 11.0 Å². The van der Waals surface area contributed by atoms with E-state index >= 15 is 0 Å². The molecule has 0 unspecified atom stereocenters. The molecule has 2 aliphatic carbocycles. The number of amides is 4. The number of hydrogen-bond donors (Lipinski definition) is 5. The van der Waals surface area contributed by atoms with E-state index in [9.17, 15) is 19.3 Å². The van der Waals surface area contributed by atoms with Crippen LogP contribution in [0.25, 0.3) is 22.3 Å². The van der Waals surface area contributed by atoms with Gasteiger partial charge < -0.3 is 41.3 Å². The molecule has 4 aromatic carbocycles. The van der Waals surface area contributed by atoms with Gasteiger partial charge >= 0.3 is 35.8 Å². The molecular formula is C50H74N6O12Si2. The van der Waals surface area contributed by atoms with Gasteiger partial charge in [-0.25, -0.2) is 31.1 Å². The maximum absolute atomic E-state index is 12.2. The van der Waals surface area contributed by atoms with Crippen molar-refractivity contribution in [1.82, 2.24) is 21.6 Å². The Kier molecular flexibility index (Phi) is 26.5. The molecule has 0 radical (unpaired) electrons. The summed E-state index contributed by atoms with van der Waals surface area (Å²) in [6, 6.07) is 33.3. The molecule has 4 amide bonds. The van der Waals surface area contributed by atoms with Gasteiger partial charge in [0.15, 0.2) is 0 Å². The highest BCUT2D eigenvalue weighted by atomic mass is 28.4. The van der Waals surface area contributed by atoms with Crippen LogP contribution in [0.15, 0.2) is 102 Å². The van der Waals surface area contributed by atoms with Crippen LogP contribution in [0.3, 0.4) is 0 Å². The predicted molar refractivity (Wildman–Crippen MR) is 275 cm³/mol. The zero-order chi connectivity index (χ0) is 49.9. The lowest BCUT2D eigenvalue weighted by Gasteiger charge is -2.28. The van der Waals surface area contributed by atoms with Crippen LogP contribution in [-0.4, -0.2) is 102 Å². The summed E-state index contributed by atoms with van der Waals surface area (Å²) in [7, 11) is -5.27. The second-order valence-electron chi connectivity index (χ2n) is 15.3. The van der Waals surface area contributed by atoms with Crippen molar-refractivity contribution in [3.8, 4) is 22.3 Å². The normalized spacial score (nSPS) is 12.2. The number of carbonyl (C=O) groups is 3. The molecule has 2 aliphatic rings. The van der Waals surface area contributed by atoms with Crippen molar-refractivity contribution in [1.29, 1.82) is 0 Å². The molecule has 4 aromatic rings. The number of nitrogens with zero attached hydrogens (tertiary/aromatic N) is 1. The number of benzene rings is 4. The summed E-state index contributed by atoms with van der Waals surface area (Å²) in [4.78, 5) is 45.4. The third-order valence-electron chi connectivity index (χ3n) is 10.9. The average Bonchev–Trinajstić information content (AvgIpc) is 3.86. The summed E-state index contributed by atoms with van der Waals surface area (Å²) >= 11 is 0. The zero-order valence-corrected chi connectivity index (χ0v) is 42.7. The van der Waals surface area contributed by atoms with Gasteiger partial charge in [-0.3, -0.25) is 5.43 Å². The first-order valence-electron chi connectivity index (χ1n) is 23.7. The van der Waals surface area contributed by atoms with Gasteiger partial charge in [0.05, 0.1) is 6.54 Å². The third kappa shape index (κ3) is 17.1. The summed E-state index contributed by atoms with van der Waals surface area (Å²) in [6.07, 6.45) is -0.0559. The Morgan fingerprint density at radius 2 is 0.871 bits per heavy atom. The van der Waals surface area contributed by atoms with Crippen LogP contribution in [0, 0.1) is 4.91 Å². The Labute approximate surface area is 415 Å². The van der Waals surface area contributed by atoms with Crippen LogP contribution in [-0.2, 0) is 36.0 Å². The van der Waals surface area contributed by atoms with E-state index in [-0.39, 0.29) is 32.5 Å². The van der Waals surface area contributed by atoms with Gasteiger partial charge in [0.25, 0.3) is 0 Å². The number of hydrogen-bond acceptors (Lipinski definition) is 14. The number of nitrogens with two attached hydrogens (primary N) is 1. The van der Waals surface area contributed by atoms with Gasteiger partial charge in [0.1, 0.15) is 13.2 Å². The Balaban J connectivity index is 0.000000310. The van der Waals surface area contributed by atoms with Crippen molar-refractivity contribution in [3.05, 3.63) is 124 Å². The fraction of sp³-hybridized carbons (Fsp3) is 0.460. The molecule has 0 spiro atoms. The first-order valence-corrected chi connectivity index (χ1v) is 27.5. The predicted octanol–water partition coefficient (Wildman–Crippen LogP) is 9.40. The summed E-state index contributed by atoms with van der Waals surface area (Å²) in [5, 5.41) is 5.52. The van der Waals surface area contributed by atoms with Gasteiger partial charge in [0, 0.05) is 70.1 Å². The smallest absolute Gasteiger partial charge is 0.448 e. The van der Waals surface area contributed by atoms with Gasteiger partial charge in [-0.15, -0.1) is 0 Å². The number of carbonyl (C=O) groups excluding carboxylic acids is 3. The van der Waals surface area contributed by atoms with Gasteiger partial charge in [-0.05, 0) is 98.9 Å². The minimum absolute atomic E-state index is 0. The molecule has 0 atom stereocenters. The van der Waals surface area contributed by atoms with Gasteiger partial charge in [0.2, 0.25) is 0 Å². The molecule has 384 valence electrons. The fourth-order valence-electron chi connectivity index (χ4n) is 8.30.